The summed E-state index contributed by atoms with van der Waals surface area (Å²) in [4.78, 5) is 12.3. The lowest BCUT2D eigenvalue weighted by Crippen LogP contribution is -2.36. The van der Waals surface area contributed by atoms with E-state index in [0.717, 1.165) is 25.3 Å². The number of carbonyl (C=O) groups is 1. The minimum atomic E-state index is -0.625. The van der Waals surface area contributed by atoms with Crippen LogP contribution in [-0.2, 0) is 11.3 Å². The van der Waals surface area contributed by atoms with Crippen molar-refractivity contribution in [2.24, 2.45) is 5.41 Å². The maximum absolute atomic E-state index is 13.6. The molecule has 1 N–H and O–H groups in total. The molecule has 0 bridgehead atoms. The number of rotatable bonds is 11. The molecular formula is C20H31F2NO. The van der Waals surface area contributed by atoms with E-state index >= 15 is 0 Å². The van der Waals surface area contributed by atoms with Crippen LogP contribution in [0.4, 0.5) is 8.78 Å². The molecule has 0 saturated heterocycles. The molecule has 0 saturated carbocycles. The summed E-state index contributed by atoms with van der Waals surface area (Å²) < 4.78 is 26.5. The van der Waals surface area contributed by atoms with E-state index in [2.05, 4.69) is 12.2 Å². The summed E-state index contributed by atoms with van der Waals surface area (Å²) in [5.74, 6) is -1.32. The van der Waals surface area contributed by atoms with Gasteiger partial charge < -0.3 is 5.32 Å². The predicted molar refractivity (Wildman–Crippen MR) is 94.6 cm³/mol. The minimum Gasteiger partial charge on any atom is -0.351 e. The van der Waals surface area contributed by atoms with Crippen molar-refractivity contribution in [1.82, 2.24) is 5.32 Å². The van der Waals surface area contributed by atoms with Crippen molar-refractivity contribution in [3.63, 3.8) is 0 Å². The molecule has 0 fully saturated rings. The van der Waals surface area contributed by atoms with Crippen LogP contribution in [0, 0.1) is 17.0 Å². The van der Waals surface area contributed by atoms with E-state index in [1.807, 2.05) is 13.8 Å². The van der Waals surface area contributed by atoms with E-state index in [-0.39, 0.29) is 12.5 Å². The summed E-state index contributed by atoms with van der Waals surface area (Å²) >= 11 is 0. The second-order valence-corrected chi connectivity index (χ2v) is 7.17. The highest BCUT2D eigenvalue weighted by Gasteiger charge is 2.26. The largest absolute Gasteiger partial charge is 0.351 e. The number of amides is 1. The van der Waals surface area contributed by atoms with Gasteiger partial charge in [-0.2, -0.15) is 0 Å². The van der Waals surface area contributed by atoms with Gasteiger partial charge in [0, 0.05) is 23.6 Å². The monoisotopic (exact) mass is 339 g/mol. The van der Waals surface area contributed by atoms with Crippen LogP contribution in [0.25, 0.3) is 0 Å². The Hall–Kier alpha value is -1.45. The lowest BCUT2D eigenvalue weighted by Gasteiger charge is -2.23. The molecule has 0 aliphatic rings. The van der Waals surface area contributed by atoms with Crippen molar-refractivity contribution < 1.29 is 13.6 Å². The van der Waals surface area contributed by atoms with E-state index in [9.17, 15) is 13.6 Å². The Kier molecular flexibility index (Phi) is 8.94. The van der Waals surface area contributed by atoms with Gasteiger partial charge in [-0.15, -0.1) is 0 Å². The van der Waals surface area contributed by atoms with Gasteiger partial charge in [-0.25, -0.2) is 8.78 Å². The van der Waals surface area contributed by atoms with Gasteiger partial charge in [0.15, 0.2) is 0 Å². The molecule has 2 nitrogen and oxygen atoms in total. The number of unbranched alkanes of at least 4 members (excludes halogenated alkanes) is 6. The van der Waals surface area contributed by atoms with Crippen LogP contribution in [0.5, 0.6) is 0 Å². The van der Waals surface area contributed by atoms with Crippen LogP contribution in [0.3, 0.4) is 0 Å². The molecule has 0 unspecified atom stereocenters. The van der Waals surface area contributed by atoms with Crippen LogP contribution >= 0.6 is 0 Å². The Labute approximate surface area is 145 Å². The molecule has 1 aromatic carbocycles. The summed E-state index contributed by atoms with van der Waals surface area (Å²) in [6.07, 6.45) is 9.32. The number of hydrogen-bond acceptors (Lipinski definition) is 1. The van der Waals surface area contributed by atoms with Crippen LogP contribution in [0.2, 0.25) is 0 Å². The summed E-state index contributed by atoms with van der Waals surface area (Å²) in [6, 6.07) is 3.41. The van der Waals surface area contributed by atoms with Crippen molar-refractivity contribution in [3.05, 3.63) is 35.4 Å². The zero-order valence-corrected chi connectivity index (χ0v) is 15.3. The summed E-state index contributed by atoms with van der Waals surface area (Å²) in [7, 11) is 0. The molecule has 1 aromatic rings. The van der Waals surface area contributed by atoms with Crippen molar-refractivity contribution >= 4 is 5.91 Å². The first-order valence-electron chi connectivity index (χ1n) is 9.09. The second kappa shape index (κ2) is 10.4. The third kappa shape index (κ3) is 7.41. The third-order valence-electron chi connectivity index (χ3n) is 4.47. The molecule has 4 heteroatoms. The SMILES string of the molecule is CCCCCCCCCC(C)(C)C(=O)NCc1ccc(F)cc1F. The number of halogens is 2. The van der Waals surface area contributed by atoms with Gasteiger partial charge >= 0.3 is 0 Å². The van der Waals surface area contributed by atoms with Gasteiger partial charge in [-0.1, -0.05) is 71.8 Å². The van der Waals surface area contributed by atoms with Gasteiger partial charge in [0.1, 0.15) is 11.6 Å². The van der Waals surface area contributed by atoms with Crippen LogP contribution in [-0.4, -0.2) is 5.91 Å². The number of hydrogen-bond donors (Lipinski definition) is 1. The zero-order chi connectivity index (χ0) is 18.0. The molecule has 0 heterocycles. The highest BCUT2D eigenvalue weighted by Crippen LogP contribution is 2.25. The fourth-order valence-corrected chi connectivity index (χ4v) is 2.72. The molecule has 0 atom stereocenters. The molecule has 0 aliphatic heterocycles. The molecule has 0 aliphatic carbocycles. The Morgan fingerprint density at radius 2 is 1.67 bits per heavy atom. The first kappa shape index (κ1) is 20.6. The molecule has 136 valence electrons. The maximum atomic E-state index is 13.6. The molecule has 24 heavy (non-hydrogen) atoms. The summed E-state index contributed by atoms with van der Waals surface area (Å²) in [5, 5.41) is 2.77. The summed E-state index contributed by atoms with van der Waals surface area (Å²) in [6.45, 7) is 6.13. The van der Waals surface area contributed by atoms with Crippen molar-refractivity contribution in [2.75, 3.05) is 0 Å². The molecule has 0 spiro atoms. The van der Waals surface area contributed by atoms with Gasteiger partial charge in [0.2, 0.25) is 5.91 Å². The topological polar surface area (TPSA) is 29.1 Å². The number of carbonyl (C=O) groups excluding carboxylic acids is 1. The van der Waals surface area contributed by atoms with Gasteiger partial charge in [0.25, 0.3) is 0 Å². The Morgan fingerprint density at radius 1 is 1.04 bits per heavy atom. The van der Waals surface area contributed by atoms with Crippen LogP contribution in [0.15, 0.2) is 18.2 Å². The minimum absolute atomic E-state index is 0.0859. The fourth-order valence-electron chi connectivity index (χ4n) is 2.72. The third-order valence-corrected chi connectivity index (χ3v) is 4.47. The van der Waals surface area contributed by atoms with Gasteiger partial charge in [-0.3, -0.25) is 4.79 Å². The van der Waals surface area contributed by atoms with Crippen molar-refractivity contribution in [2.45, 2.75) is 78.7 Å². The fraction of sp³-hybridized carbons (Fsp3) is 0.650. The smallest absolute Gasteiger partial charge is 0.225 e. The molecular weight excluding hydrogens is 308 g/mol. The van der Waals surface area contributed by atoms with E-state index in [0.29, 0.717) is 5.56 Å². The van der Waals surface area contributed by atoms with Crippen molar-refractivity contribution in [3.8, 4) is 0 Å². The lowest BCUT2D eigenvalue weighted by molar-refractivity contribution is -0.129. The first-order valence-corrected chi connectivity index (χ1v) is 9.09. The second-order valence-electron chi connectivity index (χ2n) is 7.17. The van der Waals surface area contributed by atoms with Crippen LogP contribution < -0.4 is 5.32 Å². The Bertz CT molecular complexity index is 514. The van der Waals surface area contributed by atoms with Gasteiger partial charge in [0.05, 0.1) is 0 Å². The quantitative estimate of drug-likeness (QED) is 0.511. The summed E-state index contributed by atoms with van der Waals surface area (Å²) in [5.41, 5.74) is -0.170. The molecule has 1 rings (SSSR count). The Morgan fingerprint density at radius 3 is 2.29 bits per heavy atom. The molecule has 1 amide bonds. The average Bonchev–Trinajstić information content (AvgIpc) is 2.52. The van der Waals surface area contributed by atoms with E-state index in [4.69, 9.17) is 0 Å². The Balaban J connectivity index is 2.31. The average molecular weight is 339 g/mol. The van der Waals surface area contributed by atoms with Gasteiger partial charge in [-0.05, 0) is 12.5 Å². The zero-order valence-electron chi connectivity index (χ0n) is 15.3. The highest BCUT2D eigenvalue weighted by atomic mass is 19.1. The van der Waals surface area contributed by atoms with Crippen LogP contribution in [0.1, 0.15) is 77.7 Å². The number of nitrogens with one attached hydrogen (secondary N) is 1. The lowest BCUT2D eigenvalue weighted by atomic mass is 9.85. The molecule has 0 aromatic heterocycles. The van der Waals surface area contributed by atoms with E-state index in [1.165, 1.54) is 44.2 Å². The van der Waals surface area contributed by atoms with Crippen molar-refractivity contribution in [1.29, 1.82) is 0 Å². The highest BCUT2D eigenvalue weighted by molar-refractivity contribution is 5.81. The normalized spacial score (nSPS) is 11.5. The number of benzene rings is 1. The van der Waals surface area contributed by atoms with E-state index in [1.54, 1.807) is 0 Å². The standard InChI is InChI=1S/C20H31F2NO/c1-4-5-6-7-8-9-10-13-20(2,3)19(24)23-15-16-11-12-17(21)14-18(16)22/h11-12,14H,4-10,13,15H2,1-3H3,(H,23,24). The first-order chi connectivity index (χ1) is 11.4. The predicted octanol–water partition coefficient (Wildman–Crippen LogP) is 5.75. The van der Waals surface area contributed by atoms with E-state index < -0.39 is 17.0 Å². The molecule has 0 radical (unpaired) electrons. The maximum Gasteiger partial charge on any atom is 0.225 e.